The summed E-state index contributed by atoms with van der Waals surface area (Å²) in [5.41, 5.74) is 8.47. The van der Waals surface area contributed by atoms with Crippen molar-refractivity contribution in [3.05, 3.63) is 52.2 Å². The van der Waals surface area contributed by atoms with Gasteiger partial charge < -0.3 is 20.5 Å². The Balaban J connectivity index is 1.70. The minimum Gasteiger partial charge on any atom is -0.384 e. The smallest absolute Gasteiger partial charge is 0.259 e. The molecule has 3 aromatic heterocycles. The SMILES string of the molecule is Cn1c2ccccc2n2c3nc(N)ccc3c(=O)c(C(=O)NCCN3CCCC3)c12. The molecule has 4 heterocycles. The van der Waals surface area contributed by atoms with Gasteiger partial charge in [0.1, 0.15) is 17.0 Å². The monoisotopic (exact) mass is 404 g/mol. The number of nitrogens with two attached hydrogens (primary N) is 1. The molecule has 8 heteroatoms. The molecule has 154 valence electrons. The van der Waals surface area contributed by atoms with Gasteiger partial charge in [-0.2, -0.15) is 0 Å². The molecule has 0 aliphatic carbocycles. The fraction of sp³-hybridized carbons (Fsp3) is 0.318. The van der Waals surface area contributed by atoms with Crippen molar-refractivity contribution in [3.8, 4) is 0 Å². The van der Waals surface area contributed by atoms with E-state index in [0.29, 0.717) is 29.0 Å². The molecule has 1 aliphatic rings. The summed E-state index contributed by atoms with van der Waals surface area (Å²) < 4.78 is 3.73. The topological polar surface area (TPSA) is 97.7 Å². The van der Waals surface area contributed by atoms with Crippen LogP contribution in [0.4, 0.5) is 5.82 Å². The highest BCUT2D eigenvalue weighted by molar-refractivity contribution is 6.05. The second kappa shape index (κ2) is 7.14. The number of nitrogens with one attached hydrogen (secondary N) is 1. The number of hydrogen-bond acceptors (Lipinski definition) is 5. The number of aryl methyl sites for hydroxylation is 1. The van der Waals surface area contributed by atoms with E-state index in [1.54, 1.807) is 12.1 Å². The van der Waals surface area contributed by atoms with Crippen molar-refractivity contribution in [1.82, 2.24) is 24.2 Å². The standard InChI is InChI=1S/C22H24N6O2/c1-26-15-6-2-3-7-16(15)28-20-14(8-9-17(23)25-20)19(29)18(22(26)28)21(30)24-10-13-27-11-4-5-12-27/h2-3,6-9H,4-5,10-13H2,1H3,(H2,23,25)(H,24,30). The van der Waals surface area contributed by atoms with Crippen molar-refractivity contribution in [2.75, 3.05) is 31.9 Å². The quantitative estimate of drug-likeness (QED) is 0.540. The molecular weight excluding hydrogens is 380 g/mol. The number of fused-ring (bicyclic) bond motifs is 5. The zero-order valence-electron chi connectivity index (χ0n) is 16.9. The molecular formula is C22H24N6O2. The number of anilines is 1. The number of nitrogens with zero attached hydrogens (tertiary/aromatic N) is 4. The second-order valence-electron chi connectivity index (χ2n) is 7.82. The van der Waals surface area contributed by atoms with Gasteiger partial charge in [0.15, 0.2) is 5.65 Å². The van der Waals surface area contributed by atoms with Crippen molar-refractivity contribution in [3.63, 3.8) is 0 Å². The maximum atomic E-state index is 13.4. The van der Waals surface area contributed by atoms with Crippen LogP contribution in [0.2, 0.25) is 0 Å². The van der Waals surface area contributed by atoms with Crippen LogP contribution in [0.15, 0.2) is 41.2 Å². The maximum absolute atomic E-state index is 13.4. The van der Waals surface area contributed by atoms with Gasteiger partial charge in [0.05, 0.1) is 16.4 Å². The molecule has 8 nitrogen and oxygen atoms in total. The highest BCUT2D eigenvalue weighted by atomic mass is 16.2. The summed E-state index contributed by atoms with van der Waals surface area (Å²) in [6.45, 7) is 3.42. The summed E-state index contributed by atoms with van der Waals surface area (Å²) >= 11 is 0. The van der Waals surface area contributed by atoms with Gasteiger partial charge >= 0.3 is 0 Å². The highest BCUT2D eigenvalue weighted by Gasteiger charge is 2.24. The lowest BCUT2D eigenvalue weighted by molar-refractivity contribution is 0.0950. The van der Waals surface area contributed by atoms with Crippen LogP contribution < -0.4 is 16.5 Å². The average molecular weight is 404 g/mol. The lowest BCUT2D eigenvalue weighted by atomic mass is 10.1. The first-order valence-corrected chi connectivity index (χ1v) is 10.2. The summed E-state index contributed by atoms with van der Waals surface area (Å²) in [6.07, 6.45) is 2.40. The van der Waals surface area contributed by atoms with Crippen molar-refractivity contribution >= 4 is 39.4 Å². The van der Waals surface area contributed by atoms with E-state index in [9.17, 15) is 9.59 Å². The molecule has 0 spiro atoms. The van der Waals surface area contributed by atoms with E-state index >= 15 is 0 Å². The fourth-order valence-electron chi connectivity index (χ4n) is 4.48. The van der Waals surface area contributed by atoms with E-state index in [-0.39, 0.29) is 16.9 Å². The third-order valence-electron chi connectivity index (χ3n) is 5.96. The maximum Gasteiger partial charge on any atom is 0.259 e. The Morgan fingerprint density at radius 3 is 2.63 bits per heavy atom. The minimum atomic E-state index is -0.360. The number of carbonyl (C=O) groups is 1. The zero-order valence-corrected chi connectivity index (χ0v) is 16.9. The van der Waals surface area contributed by atoms with Gasteiger partial charge in [0.2, 0.25) is 5.43 Å². The summed E-state index contributed by atoms with van der Waals surface area (Å²) in [5, 5.41) is 3.33. The predicted molar refractivity (Wildman–Crippen MR) is 118 cm³/mol. The Morgan fingerprint density at radius 2 is 1.87 bits per heavy atom. The number of para-hydroxylation sites is 2. The molecule has 1 amide bonds. The van der Waals surface area contributed by atoms with Gasteiger partial charge in [0.25, 0.3) is 5.91 Å². The van der Waals surface area contributed by atoms with Crippen LogP contribution in [0.25, 0.3) is 27.7 Å². The van der Waals surface area contributed by atoms with E-state index in [0.717, 1.165) is 30.7 Å². The number of pyridine rings is 2. The lowest BCUT2D eigenvalue weighted by Gasteiger charge is -2.15. The first kappa shape index (κ1) is 18.6. The summed E-state index contributed by atoms with van der Waals surface area (Å²) in [5.74, 6) is -0.0345. The number of amides is 1. The number of rotatable bonds is 4. The van der Waals surface area contributed by atoms with Crippen molar-refractivity contribution < 1.29 is 4.79 Å². The minimum absolute atomic E-state index is 0.134. The number of nitrogen functional groups attached to an aromatic ring is 1. The first-order chi connectivity index (χ1) is 14.6. The van der Waals surface area contributed by atoms with Gasteiger partial charge in [0, 0.05) is 20.1 Å². The molecule has 0 saturated carbocycles. The van der Waals surface area contributed by atoms with Crippen LogP contribution in [-0.2, 0) is 7.05 Å². The average Bonchev–Trinajstić information content (AvgIpc) is 3.35. The molecule has 0 bridgehead atoms. The van der Waals surface area contributed by atoms with Crippen LogP contribution in [0, 0.1) is 0 Å². The van der Waals surface area contributed by atoms with E-state index in [1.165, 1.54) is 12.8 Å². The third kappa shape index (κ3) is 2.83. The predicted octanol–water partition coefficient (Wildman–Crippen LogP) is 1.75. The van der Waals surface area contributed by atoms with Crippen LogP contribution in [-0.4, -0.2) is 50.9 Å². The Kier molecular flexibility index (Phi) is 4.43. The summed E-state index contributed by atoms with van der Waals surface area (Å²) in [4.78, 5) is 33.3. The summed E-state index contributed by atoms with van der Waals surface area (Å²) in [6, 6.07) is 11.0. The molecule has 30 heavy (non-hydrogen) atoms. The summed E-state index contributed by atoms with van der Waals surface area (Å²) in [7, 11) is 1.86. The van der Waals surface area contributed by atoms with E-state index in [1.807, 2.05) is 40.3 Å². The molecule has 1 fully saturated rings. The lowest BCUT2D eigenvalue weighted by Crippen LogP contribution is -2.36. The molecule has 3 N–H and O–H groups in total. The Bertz CT molecular complexity index is 1350. The van der Waals surface area contributed by atoms with Crippen molar-refractivity contribution in [2.45, 2.75) is 12.8 Å². The number of benzene rings is 1. The zero-order chi connectivity index (χ0) is 20.8. The second-order valence-corrected chi connectivity index (χ2v) is 7.82. The Hall–Kier alpha value is -3.39. The molecule has 1 aromatic carbocycles. The number of hydrogen-bond donors (Lipinski definition) is 2. The van der Waals surface area contributed by atoms with Gasteiger partial charge in [-0.3, -0.25) is 14.0 Å². The number of likely N-dealkylation sites (tertiary alicyclic amines) is 1. The molecule has 0 atom stereocenters. The largest absolute Gasteiger partial charge is 0.384 e. The number of carbonyl (C=O) groups excluding carboxylic acids is 1. The van der Waals surface area contributed by atoms with Gasteiger partial charge in [-0.05, 0) is 50.2 Å². The van der Waals surface area contributed by atoms with Crippen LogP contribution in [0.3, 0.4) is 0 Å². The fourth-order valence-corrected chi connectivity index (χ4v) is 4.48. The van der Waals surface area contributed by atoms with E-state index in [2.05, 4.69) is 15.2 Å². The Morgan fingerprint density at radius 1 is 1.13 bits per heavy atom. The molecule has 1 saturated heterocycles. The number of aromatic nitrogens is 3. The van der Waals surface area contributed by atoms with E-state index in [4.69, 9.17) is 5.73 Å². The van der Waals surface area contributed by atoms with Crippen LogP contribution in [0.1, 0.15) is 23.2 Å². The molecule has 1 aliphatic heterocycles. The number of imidazole rings is 1. The van der Waals surface area contributed by atoms with Crippen LogP contribution in [0.5, 0.6) is 0 Å². The van der Waals surface area contributed by atoms with Crippen molar-refractivity contribution in [2.24, 2.45) is 7.05 Å². The van der Waals surface area contributed by atoms with Gasteiger partial charge in [-0.1, -0.05) is 12.1 Å². The molecule has 5 rings (SSSR count). The van der Waals surface area contributed by atoms with Gasteiger partial charge in [-0.15, -0.1) is 0 Å². The normalized spacial score (nSPS) is 14.8. The van der Waals surface area contributed by atoms with E-state index < -0.39 is 0 Å². The third-order valence-corrected chi connectivity index (χ3v) is 5.96. The molecule has 4 aromatic rings. The first-order valence-electron chi connectivity index (χ1n) is 10.2. The van der Waals surface area contributed by atoms with Gasteiger partial charge in [-0.25, -0.2) is 4.98 Å². The molecule has 0 radical (unpaired) electrons. The molecule has 0 unspecified atom stereocenters. The van der Waals surface area contributed by atoms with Crippen molar-refractivity contribution in [1.29, 1.82) is 0 Å². The Labute approximate surface area is 172 Å². The van der Waals surface area contributed by atoms with Crippen LogP contribution >= 0.6 is 0 Å². The highest BCUT2D eigenvalue weighted by Crippen LogP contribution is 2.25.